The van der Waals surface area contributed by atoms with Crippen LogP contribution in [0.3, 0.4) is 0 Å². The normalized spacial score (nSPS) is 11.1. The smallest absolute Gasteiger partial charge is 0.281 e. The summed E-state index contributed by atoms with van der Waals surface area (Å²) < 4.78 is 21.5. The Kier molecular flexibility index (Phi) is 3.42. The lowest BCUT2D eigenvalue weighted by atomic mass is 10.9. The minimum atomic E-state index is -3.86. The quantitative estimate of drug-likeness (QED) is 0.808. The van der Waals surface area contributed by atoms with Gasteiger partial charge in [0.2, 0.25) is 26.4 Å². The summed E-state index contributed by atoms with van der Waals surface area (Å²) in [5.41, 5.74) is 0. The van der Waals surface area contributed by atoms with Gasteiger partial charge in [0, 0.05) is 6.26 Å². The third-order valence-electron chi connectivity index (χ3n) is 1.13. The van der Waals surface area contributed by atoms with Crippen LogP contribution in [0.4, 0.5) is 10.7 Å². The van der Waals surface area contributed by atoms with E-state index in [1.165, 1.54) is 0 Å². The van der Waals surface area contributed by atoms with Gasteiger partial charge in [-0.2, -0.15) is 15.0 Å². The van der Waals surface area contributed by atoms with Gasteiger partial charge in [0.25, 0.3) is 0 Å². The molecule has 0 unspecified atom stereocenters. The van der Waals surface area contributed by atoms with Crippen molar-refractivity contribution in [1.82, 2.24) is 15.0 Å². The number of halogens is 2. The standard InChI is InChI=1S/C5H4Cl2N4O3S/c1-15(13,14)5(12)11-4-9-2(6)8-3(7)10-4/h1H3,(H,8,9,10,11,12). The molecular formula is C5H4Cl2N4O3S. The van der Waals surface area contributed by atoms with Crippen LogP contribution < -0.4 is 5.32 Å². The summed E-state index contributed by atoms with van der Waals surface area (Å²) in [7, 11) is -3.86. The first-order valence-electron chi connectivity index (χ1n) is 3.37. The van der Waals surface area contributed by atoms with Crippen molar-refractivity contribution in [3.8, 4) is 0 Å². The van der Waals surface area contributed by atoms with Gasteiger partial charge in [-0.15, -0.1) is 0 Å². The summed E-state index contributed by atoms with van der Waals surface area (Å²) in [6, 6.07) is 0. The fourth-order valence-corrected chi connectivity index (χ4v) is 1.21. The molecule has 15 heavy (non-hydrogen) atoms. The largest absolute Gasteiger partial charge is 0.342 e. The third kappa shape index (κ3) is 3.57. The summed E-state index contributed by atoms with van der Waals surface area (Å²) in [6.45, 7) is 0. The van der Waals surface area contributed by atoms with E-state index in [2.05, 4.69) is 15.0 Å². The Bertz CT molecular complexity index is 483. The van der Waals surface area contributed by atoms with Gasteiger partial charge < -0.3 is 0 Å². The second-order valence-corrected chi connectivity index (χ2v) is 4.97. The predicted molar refractivity (Wildman–Crippen MR) is 53.7 cm³/mol. The number of sulfone groups is 1. The molecule has 0 bridgehead atoms. The number of anilines is 1. The molecule has 1 aromatic rings. The van der Waals surface area contributed by atoms with Crippen LogP contribution in [0.2, 0.25) is 10.6 Å². The lowest BCUT2D eigenvalue weighted by molar-refractivity contribution is 0.267. The van der Waals surface area contributed by atoms with E-state index in [-0.39, 0.29) is 16.5 Å². The zero-order valence-electron chi connectivity index (χ0n) is 7.23. The Hall–Kier alpha value is -0.990. The highest BCUT2D eigenvalue weighted by atomic mass is 35.5. The molecule has 0 fully saturated rings. The predicted octanol–water partition coefficient (Wildman–Crippen LogP) is 0.755. The fourth-order valence-electron chi connectivity index (χ4n) is 0.566. The monoisotopic (exact) mass is 270 g/mol. The molecule has 1 N–H and O–H groups in total. The molecule has 1 rings (SSSR count). The van der Waals surface area contributed by atoms with Crippen LogP contribution in [0.5, 0.6) is 0 Å². The van der Waals surface area contributed by atoms with Crippen molar-refractivity contribution in [1.29, 1.82) is 0 Å². The van der Waals surface area contributed by atoms with Crippen molar-refractivity contribution in [2.75, 3.05) is 11.6 Å². The van der Waals surface area contributed by atoms with Crippen LogP contribution in [0.1, 0.15) is 0 Å². The number of amides is 1. The molecule has 0 aromatic carbocycles. The van der Waals surface area contributed by atoms with Gasteiger partial charge in [-0.05, 0) is 23.2 Å². The van der Waals surface area contributed by atoms with Gasteiger partial charge in [-0.3, -0.25) is 10.1 Å². The van der Waals surface area contributed by atoms with Gasteiger partial charge in [0.15, 0.2) is 0 Å². The van der Waals surface area contributed by atoms with Gasteiger partial charge in [0.1, 0.15) is 0 Å². The topological polar surface area (TPSA) is 102 Å². The number of nitrogens with one attached hydrogen (secondary N) is 1. The van der Waals surface area contributed by atoms with E-state index < -0.39 is 15.1 Å². The highest BCUT2D eigenvalue weighted by molar-refractivity contribution is 8.05. The zero-order valence-corrected chi connectivity index (χ0v) is 9.56. The average Bonchev–Trinajstić information content (AvgIpc) is 1.99. The molecule has 1 aromatic heterocycles. The molecule has 0 aliphatic rings. The van der Waals surface area contributed by atoms with Crippen molar-refractivity contribution in [2.24, 2.45) is 0 Å². The lowest BCUT2D eigenvalue weighted by Crippen LogP contribution is -2.21. The van der Waals surface area contributed by atoms with Crippen molar-refractivity contribution < 1.29 is 13.2 Å². The van der Waals surface area contributed by atoms with Crippen LogP contribution >= 0.6 is 23.2 Å². The molecule has 0 saturated carbocycles. The van der Waals surface area contributed by atoms with E-state index in [1.807, 2.05) is 5.32 Å². The minimum Gasteiger partial charge on any atom is -0.281 e. The summed E-state index contributed by atoms with van der Waals surface area (Å²) >= 11 is 10.8. The maximum atomic E-state index is 11.0. The number of hydrogen-bond acceptors (Lipinski definition) is 6. The maximum Gasteiger partial charge on any atom is 0.342 e. The molecule has 7 nitrogen and oxygen atoms in total. The highest BCUT2D eigenvalue weighted by Crippen LogP contribution is 2.10. The summed E-state index contributed by atoms with van der Waals surface area (Å²) in [4.78, 5) is 21.3. The van der Waals surface area contributed by atoms with Crippen LogP contribution in [0, 0.1) is 0 Å². The Labute approximate surface area is 94.8 Å². The molecule has 0 aliphatic heterocycles. The van der Waals surface area contributed by atoms with E-state index in [4.69, 9.17) is 23.2 Å². The number of nitrogens with zero attached hydrogens (tertiary/aromatic N) is 3. The van der Waals surface area contributed by atoms with Crippen molar-refractivity contribution >= 4 is 44.2 Å². The van der Waals surface area contributed by atoms with E-state index >= 15 is 0 Å². The average molecular weight is 271 g/mol. The van der Waals surface area contributed by atoms with Crippen molar-refractivity contribution in [2.45, 2.75) is 0 Å². The number of carbonyl (C=O) groups is 1. The first-order chi connectivity index (χ1) is 6.79. The summed E-state index contributed by atoms with van der Waals surface area (Å²) in [5.74, 6) is -0.324. The molecular weight excluding hydrogens is 267 g/mol. The number of hydrogen-bond donors (Lipinski definition) is 1. The number of rotatable bonds is 1. The number of aromatic nitrogens is 3. The fraction of sp³-hybridized carbons (Fsp3) is 0.200. The summed E-state index contributed by atoms with van der Waals surface area (Å²) in [6.07, 6.45) is 0.743. The second-order valence-electron chi connectivity index (χ2n) is 2.38. The van der Waals surface area contributed by atoms with Crippen LogP contribution in [-0.2, 0) is 9.84 Å². The molecule has 0 radical (unpaired) electrons. The van der Waals surface area contributed by atoms with Crippen LogP contribution in [0.15, 0.2) is 0 Å². The van der Waals surface area contributed by atoms with Gasteiger partial charge in [-0.25, -0.2) is 8.42 Å². The Morgan fingerprint density at radius 3 is 2.07 bits per heavy atom. The highest BCUT2D eigenvalue weighted by Gasteiger charge is 2.17. The molecule has 82 valence electrons. The van der Waals surface area contributed by atoms with E-state index in [0.717, 1.165) is 6.26 Å². The molecule has 0 atom stereocenters. The van der Waals surface area contributed by atoms with Crippen molar-refractivity contribution in [3.05, 3.63) is 10.6 Å². The molecule has 1 heterocycles. The Morgan fingerprint density at radius 1 is 1.20 bits per heavy atom. The van der Waals surface area contributed by atoms with E-state index in [9.17, 15) is 13.2 Å². The van der Waals surface area contributed by atoms with E-state index in [1.54, 1.807) is 0 Å². The summed E-state index contributed by atoms with van der Waals surface area (Å²) in [5, 5.41) is 0.154. The molecule has 1 amide bonds. The van der Waals surface area contributed by atoms with E-state index in [0.29, 0.717) is 0 Å². The van der Waals surface area contributed by atoms with Gasteiger partial charge >= 0.3 is 5.24 Å². The maximum absolute atomic E-state index is 11.0. The lowest BCUT2D eigenvalue weighted by Gasteiger charge is -2.01. The molecule has 10 heteroatoms. The van der Waals surface area contributed by atoms with Gasteiger partial charge in [-0.1, -0.05) is 0 Å². The van der Waals surface area contributed by atoms with Gasteiger partial charge in [0.05, 0.1) is 0 Å². The van der Waals surface area contributed by atoms with Crippen LogP contribution in [0.25, 0.3) is 0 Å². The molecule has 0 aliphatic carbocycles. The minimum absolute atomic E-state index is 0.251. The number of carbonyl (C=O) groups excluding carboxylic acids is 1. The SMILES string of the molecule is CS(=O)(=O)C(=O)Nc1nc(Cl)nc(Cl)n1. The molecule has 0 spiro atoms. The third-order valence-corrected chi connectivity index (χ3v) is 2.25. The molecule has 0 saturated heterocycles. The van der Waals surface area contributed by atoms with Crippen LogP contribution in [-0.4, -0.2) is 34.9 Å². The first kappa shape index (κ1) is 12.1. The zero-order chi connectivity index (χ0) is 11.6. The van der Waals surface area contributed by atoms with Crippen molar-refractivity contribution in [3.63, 3.8) is 0 Å². The second kappa shape index (κ2) is 4.25. The first-order valence-corrected chi connectivity index (χ1v) is 6.02. The Balaban J connectivity index is 2.96. The Morgan fingerprint density at radius 2 is 1.67 bits per heavy atom.